The van der Waals surface area contributed by atoms with E-state index in [0.29, 0.717) is 36.9 Å². The van der Waals surface area contributed by atoms with Gasteiger partial charge in [0.2, 0.25) is 0 Å². The van der Waals surface area contributed by atoms with Gasteiger partial charge in [-0.25, -0.2) is 8.78 Å². The van der Waals surface area contributed by atoms with Crippen LogP contribution >= 0.6 is 0 Å². The van der Waals surface area contributed by atoms with E-state index in [1.807, 2.05) is 6.92 Å². The van der Waals surface area contributed by atoms with Crippen molar-refractivity contribution in [3.8, 4) is 0 Å². The normalized spacial score (nSPS) is 20.7. The van der Waals surface area contributed by atoms with Gasteiger partial charge in [0.25, 0.3) is 17.6 Å². The van der Waals surface area contributed by atoms with Gasteiger partial charge in [0, 0.05) is 30.0 Å². The van der Waals surface area contributed by atoms with Crippen LogP contribution in [0.2, 0.25) is 0 Å². The van der Waals surface area contributed by atoms with Gasteiger partial charge in [-0.15, -0.1) is 0 Å². The Balaban J connectivity index is 1.83. The highest BCUT2D eigenvalue weighted by molar-refractivity contribution is 6.43. The number of anilines is 1. The maximum absolute atomic E-state index is 13.5. The van der Waals surface area contributed by atoms with Crippen molar-refractivity contribution in [1.29, 1.82) is 0 Å². The molecule has 1 fully saturated rings. The van der Waals surface area contributed by atoms with Crippen LogP contribution in [0.3, 0.4) is 0 Å². The Kier molecular flexibility index (Phi) is 6.50. The number of halogens is 2. The minimum absolute atomic E-state index is 0.0644. The Morgan fingerprint density at radius 3 is 2.34 bits per heavy atom. The van der Waals surface area contributed by atoms with Crippen molar-refractivity contribution >= 4 is 23.3 Å². The summed E-state index contributed by atoms with van der Waals surface area (Å²) in [5, 5.41) is 15.0. The molecule has 1 heterocycles. The predicted octanol–water partition coefficient (Wildman–Crippen LogP) is 3.16. The average molecular weight is 447 g/mol. The predicted molar refractivity (Wildman–Crippen MR) is 115 cm³/mol. The second-order valence-corrected chi connectivity index (χ2v) is 8.65. The van der Waals surface area contributed by atoms with Crippen LogP contribution in [0.5, 0.6) is 0 Å². The first-order valence-electron chi connectivity index (χ1n) is 10.4. The number of nitrogens with zero attached hydrogens (tertiary/aromatic N) is 1. The Bertz CT molecular complexity index is 1090. The average Bonchev–Trinajstić information content (AvgIpc) is 2.95. The topological polar surface area (TPSA) is 100 Å². The summed E-state index contributed by atoms with van der Waals surface area (Å²) >= 11 is 0. The zero-order valence-corrected chi connectivity index (χ0v) is 18.5. The number of carbonyl (C=O) groups is 3. The van der Waals surface area contributed by atoms with Crippen LogP contribution in [0.15, 0.2) is 18.2 Å². The van der Waals surface area contributed by atoms with Gasteiger partial charge in [-0.05, 0) is 64.2 Å². The van der Waals surface area contributed by atoms with E-state index in [2.05, 4.69) is 10.6 Å². The van der Waals surface area contributed by atoms with Gasteiger partial charge in [0.1, 0.15) is 0 Å². The van der Waals surface area contributed by atoms with Crippen LogP contribution in [-0.2, 0) is 11.8 Å². The summed E-state index contributed by atoms with van der Waals surface area (Å²) in [6, 6.07) is 2.99. The smallest absolute Gasteiger partial charge is 0.294 e. The molecule has 3 rings (SSSR count). The standard InChI is InChI=1S/C23H27F2N3O4/c1-12-18(21(31)26-14-5-6-16(24)17(25)11-14)13(2)28(4)19(12)20(30)22(32)27-23(3)9-7-15(29)8-10-23/h5-6,11,15,29H,7-10H2,1-4H3,(H,26,31)(H,27,32)/t15-,23-. The third kappa shape index (κ3) is 4.57. The molecule has 32 heavy (non-hydrogen) atoms. The number of Topliss-reactive ketones (excluding diaryl/α,β-unsaturated/α-hetero) is 1. The van der Waals surface area contributed by atoms with E-state index >= 15 is 0 Å². The summed E-state index contributed by atoms with van der Waals surface area (Å²) in [6.45, 7) is 5.03. The third-order valence-corrected chi connectivity index (χ3v) is 6.23. The molecule has 1 aliphatic rings. The van der Waals surface area contributed by atoms with Crippen LogP contribution in [0.25, 0.3) is 0 Å². The summed E-state index contributed by atoms with van der Waals surface area (Å²) in [4.78, 5) is 38.6. The highest BCUT2D eigenvalue weighted by atomic mass is 19.2. The molecule has 0 saturated heterocycles. The highest BCUT2D eigenvalue weighted by Gasteiger charge is 2.35. The van der Waals surface area contributed by atoms with E-state index in [4.69, 9.17) is 0 Å². The molecule has 172 valence electrons. The number of aliphatic hydroxyl groups is 1. The van der Waals surface area contributed by atoms with Crippen LogP contribution in [0.4, 0.5) is 14.5 Å². The molecule has 7 nitrogen and oxygen atoms in total. The molecule has 9 heteroatoms. The lowest BCUT2D eigenvalue weighted by Crippen LogP contribution is -2.51. The zero-order chi connectivity index (χ0) is 23.8. The molecular weight excluding hydrogens is 420 g/mol. The molecule has 1 aromatic heterocycles. The molecule has 0 radical (unpaired) electrons. The second kappa shape index (κ2) is 8.82. The molecule has 1 saturated carbocycles. The lowest BCUT2D eigenvalue weighted by molar-refractivity contribution is -0.119. The highest BCUT2D eigenvalue weighted by Crippen LogP contribution is 2.29. The summed E-state index contributed by atoms with van der Waals surface area (Å²) in [5.41, 5.74) is 0.498. The van der Waals surface area contributed by atoms with Crippen LogP contribution in [0, 0.1) is 25.5 Å². The summed E-state index contributed by atoms with van der Waals surface area (Å²) < 4.78 is 28.1. The van der Waals surface area contributed by atoms with E-state index in [-0.39, 0.29) is 16.9 Å². The Morgan fingerprint density at radius 2 is 1.75 bits per heavy atom. The van der Waals surface area contributed by atoms with Crippen LogP contribution in [-0.4, -0.2) is 38.9 Å². The number of ketones is 1. The number of rotatable bonds is 5. The molecular formula is C23H27F2N3O4. The maximum Gasteiger partial charge on any atom is 0.294 e. The molecule has 0 aliphatic heterocycles. The number of nitrogens with one attached hydrogen (secondary N) is 2. The van der Waals surface area contributed by atoms with Crippen LogP contribution < -0.4 is 10.6 Å². The van der Waals surface area contributed by atoms with Gasteiger partial charge in [-0.1, -0.05) is 0 Å². The summed E-state index contributed by atoms with van der Waals surface area (Å²) in [5.74, 6) is -4.28. The first-order chi connectivity index (χ1) is 14.9. The maximum atomic E-state index is 13.5. The molecule has 3 N–H and O–H groups in total. The number of aromatic nitrogens is 1. The van der Waals surface area contributed by atoms with E-state index < -0.39 is 40.9 Å². The third-order valence-electron chi connectivity index (χ3n) is 6.23. The molecule has 2 amide bonds. The Labute approximate surface area is 184 Å². The lowest BCUT2D eigenvalue weighted by atomic mass is 9.82. The number of hydrogen-bond acceptors (Lipinski definition) is 4. The zero-order valence-electron chi connectivity index (χ0n) is 18.5. The first kappa shape index (κ1) is 23.6. The minimum Gasteiger partial charge on any atom is -0.393 e. The number of amides is 2. The quantitative estimate of drug-likeness (QED) is 0.484. The minimum atomic E-state index is -1.10. The van der Waals surface area contributed by atoms with Gasteiger partial charge in [-0.3, -0.25) is 14.4 Å². The Morgan fingerprint density at radius 1 is 1.12 bits per heavy atom. The molecule has 1 aromatic carbocycles. The first-order valence-corrected chi connectivity index (χ1v) is 10.4. The second-order valence-electron chi connectivity index (χ2n) is 8.65. The van der Waals surface area contributed by atoms with Gasteiger partial charge in [0.05, 0.1) is 17.4 Å². The fraction of sp³-hybridized carbons (Fsp3) is 0.435. The summed E-state index contributed by atoms with van der Waals surface area (Å²) in [7, 11) is 1.58. The molecule has 0 unspecified atom stereocenters. The lowest BCUT2D eigenvalue weighted by Gasteiger charge is -2.36. The fourth-order valence-corrected chi connectivity index (χ4v) is 4.20. The van der Waals surface area contributed by atoms with E-state index in [1.54, 1.807) is 20.9 Å². The van der Waals surface area contributed by atoms with Crippen molar-refractivity contribution in [1.82, 2.24) is 9.88 Å². The van der Waals surface area contributed by atoms with Crippen LogP contribution in [0.1, 0.15) is 64.7 Å². The van der Waals surface area contributed by atoms with Crippen molar-refractivity contribution in [3.63, 3.8) is 0 Å². The molecule has 0 atom stereocenters. The van der Waals surface area contributed by atoms with E-state index in [9.17, 15) is 28.3 Å². The van der Waals surface area contributed by atoms with Crippen molar-refractivity contribution < 1.29 is 28.3 Å². The van der Waals surface area contributed by atoms with Crippen molar-refractivity contribution in [2.75, 3.05) is 5.32 Å². The molecule has 0 bridgehead atoms. The number of benzene rings is 1. The fourth-order valence-electron chi connectivity index (χ4n) is 4.20. The Hall–Kier alpha value is -3.07. The van der Waals surface area contributed by atoms with E-state index in [1.165, 1.54) is 10.6 Å². The number of hydrogen-bond donors (Lipinski definition) is 3. The van der Waals surface area contributed by atoms with Gasteiger partial charge < -0.3 is 20.3 Å². The molecule has 2 aromatic rings. The van der Waals surface area contributed by atoms with Gasteiger partial charge in [0.15, 0.2) is 11.6 Å². The number of aliphatic hydroxyl groups excluding tert-OH is 1. The monoisotopic (exact) mass is 447 g/mol. The summed E-state index contributed by atoms with van der Waals surface area (Å²) in [6.07, 6.45) is 1.80. The van der Waals surface area contributed by atoms with Crippen molar-refractivity contribution in [2.45, 2.75) is 58.1 Å². The van der Waals surface area contributed by atoms with Crippen molar-refractivity contribution in [2.24, 2.45) is 7.05 Å². The van der Waals surface area contributed by atoms with E-state index in [0.717, 1.165) is 12.1 Å². The van der Waals surface area contributed by atoms with Gasteiger partial charge in [-0.2, -0.15) is 0 Å². The van der Waals surface area contributed by atoms with Gasteiger partial charge >= 0.3 is 0 Å². The molecule has 0 spiro atoms. The van der Waals surface area contributed by atoms with Crippen molar-refractivity contribution in [3.05, 3.63) is 52.3 Å². The number of carbonyl (C=O) groups excluding carboxylic acids is 3. The molecule has 1 aliphatic carbocycles. The largest absolute Gasteiger partial charge is 0.393 e. The SMILES string of the molecule is Cc1c(C(=O)Nc2ccc(F)c(F)c2)c(C)n(C)c1C(=O)C(=O)N[C@]1(C)CC[C@@H](O)CC1.